The van der Waals surface area contributed by atoms with Crippen molar-refractivity contribution in [3.05, 3.63) is 64.9 Å². The topological polar surface area (TPSA) is 138 Å². The third-order valence-electron chi connectivity index (χ3n) is 4.48. The fourth-order valence-electron chi connectivity index (χ4n) is 2.72. The number of carbonyl (C=O) groups is 1. The molecular formula is C22H21ClN6O3S2. The second kappa shape index (κ2) is 11.3. The minimum absolute atomic E-state index is 0.00190. The first-order chi connectivity index (χ1) is 16.2. The first-order valence-electron chi connectivity index (χ1n) is 10.1. The number of hydrogen-bond acceptors (Lipinski definition) is 8. The van der Waals surface area contributed by atoms with Gasteiger partial charge in [-0.25, -0.2) is 13.4 Å². The van der Waals surface area contributed by atoms with Crippen molar-refractivity contribution in [3.63, 3.8) is 0 Å². The van der Waals surface area contributed by atoms with Crippen molar-refractivity contribution in [1.29, 1.82) is 5.26 Å². The molecule has 0 fully saturated rings. The summed E-state index contributed by atoms with van der Waals surface area (Å²) in [5, 5.41) is 20.0. The van der Waals surface area contributed by atoms with Crippen LogP contribution in [0.25, 0.3) is 0 Å². The van der Waals surface area contributed by atoms with E-state index in [1.54, 1.807) is 6.07 Å². The van der Waals surface area contributed by atoms with Crippen LogP contribution in [0.5, 0.6) is 0 Å². The lowest BCUT2D eigenvalue weighted by molar-refractivity contribution is -0.115. The summed E-state index contributed by atoms with van der Waals surface area (Å²) in [6.45, 7) is 4.04. The number of hydrogen-bond donors (Lipinski definition) is 2. The molecule has 0 spiro atoms. The Kier molecular flexibility index (Phi) is 8.44. The van der Waals surface area contributed by atoms with Gasteiger partial charge in [-0.3, -0.25) is 9.52 Å². The van der Waals surface area contributed by atoms with E-state index in [1.807, 2.05) is 19.9 Å². The average molecular weight is 517 g/mol. The maximum atomic E-state index is 12.5. The Morgan fingerprint density at radius 2 is 1.85 bits per heavy atom. The van der Waals surface area contributed by atoms with Gasteiger partial charge in [-0.05, 0) is 54.4 Å². The Hall–Kier alpha value is -3.20. The van der Waals surface area contributed by atoms with E-state index >= 15 is 0 Å². The molecule has 1 amide bonds. The molecule has 0 aliphatic carbocycles. The number of nitrogens with zero attached hydrogens (tertiary/aromatic N) is 4. The van der Waals surface area contributed by atoms with Crippen LogP contribution in [-0.4, -0.2) is 35.3 Å². The molecule has 9 nitrogen and oxygen atoms in total. The second-order valence-electron chi connectivity index (χ2n) is 7.37. The van der Waals surface area contributed by atoms with Gasteiger partial charge in [-0.2, -0.15) is 5.26 Å². The molecule has 0 radical (unpaired) electrons. The van der Waals surface area contributed by atoms with Gasteiger partial charge in [0, 0.05) is 23.6 Å². The van der Waals surface area contributed by atoms with Gasteiger partial charge in [-0.15, -0.1) is 22.0 Å². The molecule has 3 aromatic rings. The molecule has 12 heteroatoms. The van der Waals surface area contributed by atoms with Gasteiger partial charge in [0.05, 0.1) is 10.5 Å². The minimum Gasteiger partial charge on any atom is -0.326 e. The molecule has 0 aliphatic heterocycles. The Labute approximate surface area is 207 Å². The number of benzene rings is 1. The van der Waals surface area contributed by atoms with Gasteiger partial charge in [0.15, 0.2) is 11.0 Å². The predicted octanol–water partition coefficient (Wildman–Crippen LogP) is 4.44. The largest absolute Gasteiger partial charge is 0.326 e. The van der Waals surface area contributed by atoms with Gasteiger partial charge in [-0.1, -0.05) is 25.4 Å². The number of sulfonamides is 1. The van der Waals surface area contributed by atoms with Crippen molar-refractivity contribution in [2.24, 2.45) is 0 Å². The quantitative estimate of drug-likeness (QED) is 0.398. The minimum atomic E-state index is -3.88. The molecule has 2 heterocycles. The zero-order valence-electron chi connectivity index (χ0n) is 18.3. The van der Waals surface area contributed by atoms with E-state index in [0.29, 0.717) is 22.0 Å². The molecular weight excluding hydrogens is 496 g/mol. The number of anilines is 2. The van der Waals surface area contributed by atoms with Crippen molar-refractivity contribution < 1.29 is 13.2 Å². The normalized spacial score (nSPS) is 11.1. The number of nitriles is 1. The van der Waals surface area contributed by atoms with Crippen LogP contribution < -0.4 is 10.0 Å². The summed E-state index contributed by atoms with van der Waals surface area (Å²) in [5.74, 6) is 0.466. The van der Waals surface area contributed by atoms with Crippen molar-refractivity contribution >= 4 is 50.8 Å². The van der Waals surface area contributed by atoms with Crippen LogP contribution >= 0.6 is 23.4 Å². The van der Waals surface area contributed by atoms with Crippen LogP contribution in [0.15, 0.2) is 58.5 Å². The summed E-state index contributed by atoms with van der Waals surface area (Å²) in [6.07, 6.45) is 0.194. The Morgan fingerprint density at radius 1 is 1.12 bits per heavy atom. The van der Waals surface area contributed by atoms with Crippen molar-refractivity contribution in [2.75, 3.05) is 15.8 Å². The van der Waals surface area contributed by atoms with Gasteiger partial charge in [0.1, 0.15) is 11.1 Å². The van der Waals surface area contributed by atoms with Crippen molar-refractivity contribution in [3.8, 4) is 6.07 Å². The molecule has 0 atom stereocenters. The van der Waals surface area contributed by atoms with E-state index in [-0.39, 0.29) is 34.1 Å². The molecule has 3 rings (SSSR count). The number of carbonyl (C=O) groups excluding carboxylic acids is 1. The molecule has 1 aromatic carbocycles. The van der Waals surface area contributed by atoms with Crippen molar-refractivity contribution in [1.82, 2.24) is 15.2 Å². The number of rotatable bonds is 9. The average Bonchev–Trinajstić information content (AvgIpc) is 2.80. The first-order valence-corrected chi connectivity index (χ1v) is 13.0. The molecule has 0 saturated carbocycles. The Balaban J connectivity index is 1.55. The lowest BCUT2D eigenvalue weighted by atomic mass is 10.1. The highest BCUT2D eigenvalue weighted by Gasteiger charge is 2.16. The van der Waals surface area contributed by atoms with E-state index in [0.717, 1.165) is 5.69 Å². The summed E-state index contributed by atoms with van der Waals surface area (Å²) in [5.41, 5.74) is 1.82. The maximum Gasteiger partial charge on any atom is 0.263 e. The molecule has 0 saturated heterocycles. The highest BCUT2D eigenvalue weighted by atomic mass is 35.5. The van der Waals surface area contributed by atoms with Gasteiger partial charge in [0.25, 0.3) is 10.0 Å². The van der Waals surface area contributed by atoms with Gasteiger partial charge >= 0.3 is 0 Å². The third kappa shape index (κ3) is 6.90. The molecule has 0 bridgehead atoms. The van der Waals surface area contributed by atoms with E-state index < -0.39 is 10.0 Å². The van der Waals surface area contributed by atoms with Gasteiger partial charge in [0.2, 0.25) is 5.91 Å². The summed E-state index contributed by atoms with van der Waals surface area (Å²) in [7, 11) is -3.88. The monoisotopic (exact) mass is 516 g/mol. The molecule has 0 aliphatic rings. The third-order valence-corrected chi connectivity index (χ3v) is 7.05. The highest BCUT2D eigenvalue weighted by Crippen LogP contribution is 2.24. The fraction of sp³-hybridized carbons (Fsp3) is 0.227. The Morgan fingerprint density at radius 3 is 2.47 bits per heavy atom. The standard InChI is InChI=1S/C22H21ClN6O3S2/c1-14(2)18-8-3-15(13-24)22(26-18)33-12-11-21(30)25-16-4-6-17(7-5-16)34(31,32)29-20-10-9-19(23)27-28-20/h3-10,14H,11-12H2,1-2H3,(H,25,30)(H,28,29). The number of aromatic nitrogens is 3. The zero-order chi connectivity index (χ0) is 24.7. The van der Waals surface area contributed by atoms with E-state index in [9.17, 15) is 18.5 Å². The van der Waals surface area contributed by atoms with Crippen LogP contribution in [0.4, 0.5) is 11.5 Å². The molecule has 34 heavy (non-hydrogen) atoms. The number of halogens is 1. The summed E-state index contributed by atoms with van der Waals surface area (Å²) in [4.78, 5) is 16.8. The number of amides is 1. The maximum absolute atomic E-state index is 12.5. The lowest BCUT2D eigenvalue weighted by Gasteiger charge is -2.10. The highest BCUT2D eigenvalue weighted by molar-refractivity contribution is 7.99. The van der Waals surface area contributed by atoms with E-state index in [4.69, 9.17) is 11.6 Å². The summed E-state index contributed by atoms with van der Waals surface area (Å²) < 4.78 is 27.3. The fourth-order valence-corrected chi connectivity index (χ4v) is 4.74. The predicted molar refractivity (Wildman–Crippen MR) is 131 cm³/mol. The number of nitrogens with one attached hydrogen (secondary N) is 2. The van der Waals surface area contributed by atoms with Gasteiger partial charge < -0.3 is 5.32 Å². The van der Waals surface area contributed by atoms with Crippen LogP contribution in [0.2, 0.25) is 5.15 Å². The Bertz CT molecular complexity index is 1310. The smallest absolute Gasteiger partial charge is 0.263 e. The van der Waals surface area contributed by atoms with Crippen molar-refractivity contribution in [2.45, 2.75) is 36.1 Å². The number of thioether (sulfide) groups is 1. The molecule has 176 valence electrons. The molecule has 0 unspecified atom stereocenters. The molecule has 2 N–H and O–H groups in total. The molecule has 2 aromatic heterocycles. The SMILES string of the molecule is CC(C)c1ccc(C#N)c(SCCC(=O)Nc2ccc(S(=O)(=O)Nc3ccc(Cl)nn3)cc2)n1. The zero-order valence-corrected chi connectivity index (χ0v) is 20.7. The summed E-state index contributed by atoms with van der Waals surface area (Å²) >= 11 is 7.00. The van der Waals surface area contributed by atoms with Crippen LogP contribution in [0.1, 0.15) is 37.4 Å². The second-order valence-corrected chi connectivity index (χ2v) is 10.5. The van der Waals surface area contributed by atoms with E-state index in [1.165, 1.54) is 48.2 Å². The number of pyridine rings is 1. The first kappa shape index (κ1) is 25.4. The van der Waals surface area contributed by atoms with Crippen LogP contribution in [-0.2, 0) is 14.8 Å². The lowest BCUT2D eigenvalue weighted by Crippen LogP contribution is -2.15. The van der Waals surface area contributed by atoms with E-state index in [2.05, 4.69) is 31.3 Å². The summed E-state index contributed by atoms with van der Waals surface area (Å²) in [6, 6.07) is 14.3. The van der Waals surface area contributed by atoms with Crippen LogP contribution in [0, 0.1) is 11.3 Å². The van der Waals surface area contributed by atoms with Crippen LogP contribution in [0.3, 0.4) is 0 Å².